The minimum atomic E-state index is -0.281. The van der Waals surface area contributed by atoms with Crippen molar-refractivity contribution in [3.05, 3.63) is 84.2 Å². The molecule has 0 saturated carbocycles. The van der Waals surface area contributed by atoms with E-state index in [0.29, 0.717) is 44.2 Å². The van der Waals surface area contributed by atoms with E-state index < -0.39 is 0 Å². The van der Waals surface area contributed by atoms with Crippen molar-refractivity contribution >= 4 is 17.4 Å². The number of carbonyl (C=O) groups is 1. The van der Waals surface area contributed by atoms with E-state index in [1.807, 2.05) is 30.3 Å². The second-order valence-corrected chi connectivity index (χ2v) is 7.37. The number of phenolic OH excluding ortho intramolecular Hbond substituents is 1. The van der Waals surface area contributed by atoms with Crippen LogP contribution >= 0.6 is 0 Å². The molecule has 2 amide bonds. The van der Waals surface area contributed by atoms with Gasteiger partial charge < -0.3 is 25.0 Å². The highest BCUT2D eigenvalue weighted by atomic mass is 19.1. The van der Waals surface area contributed by atoms with Crippen molar-refractivity contribution in [3.8, 4) is 11.5 Å². The Bertz CT molecular complexity index is 1030. The number of rotatable bonds is 5. The van der Waals surface area contributed by atoms with E-state index in [-0.39, 0.29) is 17.6 Å². The van der Waals surface area contributed by atoms with Gasteiger partial charge in [0.15, 0.2) is 0 Å². The molecule has 31 heavy (non-hydrogen) atoms. The van der Waals surface area contributed by atoms with Gasteiger partial charge in [-0.1, -0.05) is 24.3 Å². The molecule has 0 radical (unpaired) electrons. The fourth-order valence-corrected chi connectivity index (χ4v) is 3.47. The number of anilines is 2. The highest BCUT2D eigenvalue weighted by Crippen LogP contribution is 2.22. The lowest BCUT2D eigenvalue weighted by Gasteiger charge is -2.36. The fourth-order valence-electron chi connectivity index (χ4n) is 3.47. The third-order valence-electron chi connectivity index (χ3n) is 5.17. The molecule has 1 heterocycles. The molecule has 0 aliphatic carbocycles. The van der Waals surface area contributed by atoms with Gasteiger partial charge in [-0.15, -0.1) is 0 Å². The number of phenols is 1. The lowest BCUT2D eigenvalue weighted by Crippen LogP contribution is -2.50. The van der Waals surface area contributed by atoms with Gasteiger partial charge in [0.1, 0.15) is 23.9 Å². The molecule has 1 fully saturated rings. The monoisotopic (exact) mass is 421 g/mol. The van der Waals surface area contributed by atoms with Gasteiger partial charge in [0.25, 0.3) is 0 Å². The summed E-state index contributed by atoms with van der Waals surface area (Å²) in [7, 11) is 0. The molecule has 3 aromatic carbocycles. The number of hydrogen-bond acceptors (Lipinski definition) is 4. The summed E-state index contributed by atoms with van der Waals surface area (Å²) < 4.78 is 18.8. The Labute approximate surface area is 180 Å². The highest BCUT2D eigenvalue weighted by Gasteiger charge is 2.21. The number of nitrogens with zero attached hydrogens (tertiary/aromatic N) is 2. The first-order chi connectivity index (χ1) is 15.1. The molecule has 4 rings (SSSR count). The summed E-state index contributed by atoms with van der Waals surface area (Å²) in [5, 5.41) is 12.6. The summed E-state index contributed by atoms with van der Waals surface area (Å²) in [6.45, 7) is 2.87. The molecule has 1 aliphatic heterocycles. The molecule has 0 unspecified atom stereocenters. The van der Waals surface area contributed by atoms with Crippen LogP contribution in [0.3, 0.4) is 0 Å². The van der Waals surface area contributed by atoms with Crippen LogP contribution < -0.4 is 15.0 Å². The number of piperazine rings is 1. The maximum absolute atomic E-state index is 13.0. The van der Waals surface area contributed by atoms with Crippen molar-refractivity contribution in [2.75, 3.05) is 36.4 Å². The molecule has 3 aromatic rings. The number of hydrogen-bond donors (Lipinski definition) is 2. The third-order valence-corrected chi connectivity index (χ3v) is 5.17. The van der Waals surface area contributed by atoms with E-state index in [0.717, 1.165) is 11.3 Å². The van der Waals surface area contributed by atoms with Gasteiger partial charge in [0, 0.05) is 49.7 Å². The average Bonchev–Trinajstić information content (AvgIpc) is 2.79. The van der Waals surface area contributed by atoms with E-state index in [1.165, 1.54) is 12.1 Å². The molecule has 0 atom stereocenters. The molecule has 1 saturated heterocycles. The average molecular weight is 421 g/mol. The largest absolute Gasteiger partial charge is 0.508 e. The van der Waals surface area contributed by atoms with Crippen molar-refractivity contribution in [3.63, 3.8) is 0 Å². The van der Waals surface area contributed by atoms with Crippen LogP contribution in [0, 0.1) is 5.82 Å². The van der Waals surface area contributed by atoms with Crippen molar-refractivity contribution in [1.29, 1.82) is 0 Å². The fraction of sp³-hybridized carbons (Fsp3) is 0.208. The number of benzene rings is 3. The lowest BCUT2D eigenvalue weighted by molar-refractivity contribution is 0.208. The molecule has 160 valence electrons. The van der Waals surface area contributed by atoms with Crippen LogP contribution in [0.15, 0.2) is 72.8 Å². The standard InChI is InChI=1S/C24H24FN3O3/c25-19-9-7-18(8-10-19)17-31-23-6-1-3-20(15-23)26-24(30)28-13-11-27(12-14-28)21-4-2-5-22(29)16-21/h1-10,15-16,29H,11-14,17H2,(H,26,30). The SMILES string of the molecule is O=C(Nc1cccc(OCc2ccc(F)cc2)c1)N1CCN(c2cccc(O)c2)CC1. The minimum Gasteiger partial charge on any atom is -0.508 e. The van der Waals surface area contributed by atoms with Gasteiger partial charge >= 0.3 is 6.03 Å². The summed E-state index contributed by atoms with van der Waals surface area (Å²) in [6.07, 6.45) is 0. The van der Waals surface area contributed by atoms with Gasteiger partial charge in [-0.2, -0.15) is 0 Å². The van der Waals surface area contributed by atoms with Crippen LogP contribution in [0.1, 0.15) is 5.56 Å². The Morgan fingerprint density at radius 1 is 0.968 bits per heavy atom. The summed E-state index contributed by atoms with van der Waals surface area (Å²) in [4.78, 5) is 16.6. The summed E-state index contributed by atoms with van der Waals surface area (Å²) in [5.41, 5.74) is 2.46. The Morgan fingerprint density at radius 2 is 1.71 bits per heavy atom. The zero-order chi connectivity index (χ0) is 21.6. The number of amides is 2. The first-order valence-electron chi connectivity index (χ1n) is 10.1. The molecule has 6 nitrogen and oxygen atoms in total. The second kappa shape index (κ2) is 9.38. The predicted molar refractivity (Wildman–Crippen MR) is 118 cm³/mol. The molecule has 0 spiro atoms. The Kier molecular flexibility index (Phi) is 6.21. The molecule has 1 aliphatic rings. The Balaban J connectivity index is 1.29. The van der Waals surface area contributed by atoms with E-state index >= 15 is 0 Å². The smallest absolute Gasteiger partial charge is 0.321 e. The first kappa shape index (κ1) is 20.5. The van der Waals surface area contributed by atoms with Gasteiger partial charge in [-0.3, -0.25) is 0 Å². The van der Waals surface area contributed by atoms with Crippen molar-refractivity contribution < 1.29 is 19.0 Å². The van der Waals surface area contributed by atoms with Crippen LogP contribution in [-0.4, -0.2) is 42.2 Å². The number of ether oxygens (including phenoxy) is 1. The summed E-state index contributed by atoms with van der Waals surface area (Å²) in [5.74, 6) is 0.575. The lowest BCUT2D eigenvalue weighted by atomic mass is 10.2. The first-order valence-corrected chi connectivity index (χ1v) is 10.1. The normalized spacial score (nSPS) is 13.7. The van der Waals surface area contributed by atoms with E-state index in [9.17, 15) is 14.3 Å². The van der Waals surface area contributed by atoms with Gasteiger partial charge in [-0.25, -0.2) is 9.18 Å². The van der Waals surface area contributed by atoms with E-state index in [4.69, 9.17) is 4.74 Å². The molecule has 2 N–H and O–H groups in total. The maximum Gasteiger partial charge on any atom is 0.321 e. The number of halogens is 1. The number of nitrogens with one attached hydrogen (secondary N) is 1. The van der Waals surface area contributed by atoms with Crippen LogP contribution in [-0.2, 0) is 6.61 Å². The van der Waals surface area contributed by atoms with Gasteiger partial charge in [0.05, 0.1) is 0 Å². The quantitative estimate of drug-likeness (QED) is 0.638. The Hall–Kier alpha value is -3.74. The summed E-state index contributed by atoms with van der Waals surface area (Å²) >= 11 is 0. The predicted octanol–water partition coefficient (Wildman–Crippen LogP) is 4.46. The number of aromatic hydroxyl groups is 1. The molecule has 0 aromatic heterocycles. The van der Waals surface area contributed by atoms with Crippen LogP contribution in [0.2, 0.25) is 0 Å². The van der Waals surface area contributed by atoms with Crippen molar-refractivity contribution in [2.24, 2.45) is 0 Å². The van der Waals surface area contributed by atoms with E-state index in [2.05, 4.69) is 10.2 Å². The van der Waals surface area contributed by atoms with Crippen LogP contribution in [0.25, 0.3) is 0 Å². The summed E-state index contributed by atoms with van der Waals surface area (Å²) in [6, 6.07) is 20.3. The van der Waals surface area contributed by atoms with Gasteiger partial charge in [0.2, 0.25) is 0 Å². The zero-order valence-electron chi connectivity index (χ0n) is 17.0. The van der Waals surface area contributed by atoms with Gasteiger partial charge in [-0.05, 0) is 42.0 Å². The van der Waals surface area contributed by atoms with Crippen LogP contribution in [0.4, 0.5) is 20.6 Å². The highest BCUT2D eigenvalue weighted by molar-refractivity contribution is 5.89. The Morgan fingerprint density at radius 3 is 2.45 bits per heavy atom. The van der Waals surface area contributed by atoms with Crippen LogP contribution in [0.5, 0.6) is 11.5 Å². The topological polar surface area (TPSA) is 65.0 Å². The van der Waals surface area contributed by atoms with Crippen molar-refractivity contribution in [1.82, 2.24) is 4.90 Å². The second-order valence-electron chi connectivity index (χ2n) is 7.37. The molecule has 7 heteroatoms. The van der Waals surface area contributed by atoms with E-state index in [1.54, 1.807) is 35.2 Å². The minimum absolute atomic E-state index is 0.161. The number of urea groups is 1. The number of carbonyl (C=O) groups excluding carboxylic acids is 1. The third kappa shape index (κ3) is 5.45. The zero-order valence-corrected chi connectivity index (χ0v) is 17.0. The molecular formula is C24H24FN3O3. The molecular weight excluding hydrogens is 397 g/mol. The maximum atomic E-state index is 13.0. The molecule has 0 bridgehead atoms. The van der Waals surface area contributed by atoms with Crippen molar-refractivity contribution in [2.45, 2.75) is 6.61 Å².